The highest BCUT2D eigenvalue weighted by molar-refractivity contribution is 6.48. The topological polar surface area (TPSA) is 35.5 Å². The summed E-state index contributed by atoms with van der Waals surface area (Å²) in [5.41, 5.74) is 0.0294. The summed E-state index contributed by atoms with van der Waals surface area (Å²) in [5.74, 6) is -0.258. The van der Waals surface area contributed by atoms with Crippen molar-refractivity contribution in [2.24, 2.45) is 0 Å². The minimum absolute atomic E-state index is 0.242. The first kappa shape index (κ1) is 12.6. The van der Waals surface area contributed by atoms with E-state index in [2.05, 4.69) is 0 Å². The van der Waals surface area contributed by atoms with Crippen molar-refractivity contribution in [2.75, 3.05) is 0 Å². The quantitative estimate of drug-likeness (QED) is 0.660. The summed E-state index contributed by atoms with van der Waals surface area (Å²) in [5, 5.41) is 0. The van der Waals surface area contributed by atoms with Gasteiger partial charge in [0.1, 0.15) is 0 Å². The Morgan fingerprint density at radius 2 is 1.77 bits per heavy atom. The molecule has 0 rings (SSSR count). The van der Waals surface area contributed by atoms with Crippen LogP contribution < -0.4 is 0 Å². The highest BCUT2D eigenvalue weighted by atomic mass is 28.3. The fraction of sp³-hybridized carbons (Fsp3) is 0.889. The highest BCUT2D eigenvalue weighted by Gasteiger charge is 2.29. The lowest BCUT2D eigenvalue weighted by molar-refractivity contribution is -0.134. The second-order valence-corrected chi connectivity index (χ2v) is 6.48. The van der Waals surface area contributed by atoms with Crippen LogP contribution in [-0.4, -0.2) is 20.9 Å². The second kappa shape index (κ2) is 4.76. The Kier molecular flexibility index (Phi) is 4.63. The average Bonchev–Trinajstić information content (AvgIpc) is 1.81. The molecule has 0 spiro atoms. The molecule has 0 aliphatic rings. The van der Waals surface area contributed by atoms with E-state index in [4.69, 9.17) is 8.85 Å². The molecule has 0 heterocycles. The summed E-state index contributed by atoms with van der Waals surface area (Å²) in [7, 11) is -1.47. The van der Waals surface area contributed by atoms with E-state index in [9.17, 15) is 4.79 Å². The Hall–Kier alpha value is -0.353. The summed E-state index contributed by atoms with van der Waals surface area (Å²) < 4.78 is 10.8. The van der Waals surface area contributed by atoms with Crippen LogP contribution in [0.3, 0.4) is 0 Å². The molecule has 4 heteroatoms. The summed E-state index contributed by atoms with van der Waals surface area (Å²) in [6.07, 6.45) is 0. The Bertz CT molecular complexity index is 172. The zero-order valence-electron chi connectivity index (χ0n) is 9.30. The fourth-order valence-corrected chi connectivity index (χ4v) is 2.10. The molecule has 0 fully saturated rings. The van der Waals surface area contributed by atoms with Crippen molar-refractivity contribution < 1.29 is 13.6 Å². The molecule has 0 aliphatic heterocycles. The molecule has 0 amide bonds. The molecule has 3 nitrogen and oxygen atoms in total. The van der Waals surface area contributed by atoms with E-state index in [0.29, 0.717) is 0 Å². The fourth-order valence-electron chi connectivity index (χ4n) is 0.700. The van der Waals surface area contributed by atoms with Gasteiger partial charge in [0.05, 0.1) is 5.60 Å². The van der Waals surface area contributed by atoms with Gasteiger partial charge in [0, 0.05) is 12.5 Å². The Morgan fingerprint density at radius 1 is 1.31 bits per heavy atom. The van der Waals surface area contributed by atoms with Crippen LogP contribution in [0.5, 0.6) is 0 Å². The number of carbonyl (C=O) groups is 1. The molecule has 1 radical (unpaired) electrons. The van der Waals surface area contributed by atoms with Crippen LogP contribution in [0.2, 0.25) is 5.54 Å². The van der Waals surface area contributed by atoms with Gasteiger partial charge < -0.3 is 8.85 Å². The number of rotatable bonds is 3. The summed E-state index contributed by atoms with van der Waals surface area (Å²) in [6.45, 7) is 11.3. The van der Waals surface area contributed by atoms with Crippen molar-refractivity contribution >= 4 is 15.3 Å². The molecule has 0 N–H and O–H groups in total. The minimum atomic E-state index is -1.47. The third kappa shape index (κ3) is 6.78. The molecular formula is C9H19O3Si. The van der Waals surface area contributed by atoms with Crippen LogP contribution >= 0.6 is 0 Å². The molecule has 0 unspecified atom stereocenters. The summed E-state index contributed by atoms with van der Waals surface area (Å²) in [6, 6.07) is 0. The van der Waals surface area contributed by atoms with Crippen LogP contribution in [-0.2, 0) is 13.6 Å². The third-order valence-electron chi connectivity index (χ3n) is 1.12. The predicted molar refractivity (Wildman–Crippen MR) is 53.5 cm³/mol. The number of carbonyl (C=O) groups excluding carboxylic acids is 1. The monoisotopic (exact) mass is 203 g/mol. The largest absolute Gasteiger partial charge is 0.492 e. The van der Waals surface area contributed by atoms with Crippen LogP contribution in [0.15, 0.2) is 0 Å². The van der Waals surface area contributed by atoms with Gasteiger partial charge in [0.15, 0.2) is 0 Å². The Labute approximate surface area is 82.3 Å². The molecule has 0 atom stereocenters. The number of hydrogen-bond donors (Lipinski definition) is 0. The predicted octanol–water partition coefficient (Wildman–Crippen LogP) is 2.26. The van der Waals surface area contributed by atoms with Gasteiger partial charge in [-0.1, -0.05) is 13.8 Å². The van der Waals surface area contributed by atoms with Crippen LogP contribution in [0.25, 0.3) is 0 Å². The first-order valence-electron chi connectivity index (χ1n) is 4.46. The average molecular weight is 203 g/mol. The molecule has 0 aromatic carbocycles. The van der Waals surface area contributed by atoms with Gasteiger partial charge in [0.25, 0.3) is 5.97 Å². The first-order chi connectivity index (χ1) is 5.72. The van der Waals surface area contributed by atoms with Gasteiger partial charge in [0.2, 0.25) is 0 Å². The maximum atomic E-state index is 10.8. The van der Waals surface area contributed by atoms with Crippen molar-refractivity contribution in [3.8, 4) is 0 Å². The van der Waals surface area contributed by atoms with Crippen molar-refractivity contribution in [1.29, 1.82) is 0 Å². The van der Waals surface area contributed by atoms with E-state index in [-0.39, 0.29) is 17.1 Å². The van der Waals surface area contributed by atoms with Crippen molar-refractivity contribution in [1.82, 2.24) is 0 Å². The van der Waals surface area contributed by atoms with Gasteiger partial charge in [-0.25, -0.2) is 0 Å². The van der Waals surface area contributed by atoms with E-state index in [1.54, 1.807) is 0 Å². The molecule has 0 saturated heterocycles. The van der Waals surface area contributed by atoms with Crippen molar-refractivity contribution in [3.05, 3.63) is 0 Å². The van der Waals surface area contributed by atoms with Crippen molar-refractivity contribution in [2.45, 2.75) is 52.7 Å². The Morgan fingerprint density at radius 3 is 2.00 bits per heavy atom. The number of hydrogen-bond acceptors (Lipinski definition) is 3. The van der Waals surface area contributed by atoms with Gasteiger partial charge in [-0.2, -0.15) is 0 Å². The first-order valence-corrected chi connectivity index (χ1v) is 5.86. The van der Waals surface area contributed by atoms with Crippen LogP contribution in [0.1, 0.15) is 41.5 Å². The van der Waals surface area contributed by atoms with E-state index in [0.717, 1.165) is 0 Å². The Balaban J connectivity index is 4.19. The lowest BCUT2D eigenvalue weighted by Gasteiger charge is -2.26. The van der Waals surface area contributed by atoms with Crippen molar-refractivity contribution in [3.63, 3.8) is 0 Å². The molecule has 13 heavy (non-hydrogen) atoms. The molecule has 0 bridgehead atoms. The zero-order valence-corrected chi connectivity index (χ0v) is 10.3. The van der Waals surface area contributed by atoms with E-state index >= 15 is 0 Å². The zero-order chi connectivity index (χ0) is 10.6. The lowest BCUT2D eigenvalue weighted by Crippen LogP contribution is -2.36. The van der Waals surface area contributed by atoms with Gasteiger partial charge in [-0.15, -0.1) is 0 Å². The molecule has 77 valence electrons. The molecular weight excluding hydrogens is 184 g/mol. The molecule has 0 aromatic rings. The maximum absolute atomic E-state index is 10.8. The molecule has 0 saturated carbocycles. The SMILES string of the molecule is CC(=O)O[Si](OC(C)(C)C)C(C)C. The molecule has 0 aromatic heterocycles. The van der Waals surface area contributed by atoms with Crippen LogP contribution in [0, 0.1) is 0 Å². The lowest BCUT2D eigenvalue weighted by atomic mass is 10.2. The second-order valence-electron chi connectivity index (χ2n) is 4.28. The van der Waals surface area contributed by atoms with E-state index in [1.807, 2.05) is 34.6 Å². The highest BCUT2D eigenvalue weighted by Crippen LogP contribution is 2.17. The maximum Gasteiger partial charge on any atom is 0.463 e. The van der Waals surface area contributed by atoms with E-state index < -0.39 is 9.28 Å². The van der Waals surface area contributed by atoms with Gasteiger partial charge in [-0.3, -0.25) is 4.79 Å². The van der Waals surface area contributed by atoms with Crippen LogP contribution in [0.4, 0.5) is 0 Å². The summed E-state index contributed by atoms with van der Waals surface area (Å²) >= 11 is 0. The van der Waals surface area contributed by atoms with Gasteiger partial charge >= 0.3 is 9.28 Å². The molecule has 0 aliphatic carbocycles. The van der Waals surface area contributed by atoms with Gasteiger partial charge in [-0.05, 0) is 20.8 Å². The standard InChI is InChI=1S/C9H19O3Si/c1-7(2)13(11-8(3)10)12-9(4,5)6/h7H,1-6H3. The smallest absolute Gasteiger partial charge is 0.463 e. The minimum Gasteiger partial charge on any atom is -0.492 e. The normalized spacial score (nSPS) is 12.3. The summed E-state index contributed by atoms with van der Waals surface area (Å²) in [4.78, 5) is 10.8. The van der Waals surface area contributed by atoms with E-state index in [1.165, 1.54) is 6.92 Å². The third-order valence-corrected chi connectivity index (χ3v) is 3.37.